The Morgan fingerprint density at radius 1 is 1.36 bits per heavy atom. The van der Waals surface area contributed by atoms with Crippen molar-refractivity contribution in [3.05, 3.63) is 11.9 Å². The second kappa shape index (κ2) is 7.57. The zero-order chi connectivity index (χ0) is 17.0. The van der Waals surface area contributed by atoms with Gasteiger partial charge in [-0.05, 0) is 27.2 Å². The monoisotopic (exact) mass is 331 g/mol. The minimum Gasteiger partial charge on any atom is -0.382 e. The summed E-state index contributed by atoms with van der Waals surface area (Å²) in [7, 11) is -3.56. The Labute approximate surface area is 134 Å². The van der Waals surface area contributed by atoms with Crippen LogP contribution in [0.5, 0.6) is 0 Å². The molecule has 0 atom stereocenters. The molecule has 1 rings (SSSR count). The maximum absolute atomic E-state index is 12.6. The van der Waals surface area contributed by atoms with Gasteiger partial charge < -0.3 is 4.74 Å². The van der Waals surface area contributed by atoms with Crippen molar-refractivity contribution in [2.24, 2.45) is 0 Å². The summed E-state index contributed by atoms with van der Waals surface area (Å²) in [5.74, 6) is 0. The van der Waals surface area contributed by atoms with Gasteiger partial charge in [-0.25, -0.2) is 13.1 Å². The SMILES string of the molecule is CCOCCCNS(=O)(=O)c1cn(C(C)C)nc1C(C)(C)C. The molecule has 0 aliphatic heterocycles. The van der Waals surface area contributed by atoms with Gasteiger partial charge in [0, 0.05) is 37.4 Å². The number of sulfonamides is 1. The van der Waals surface area contributed by atoms with Gasteiger partial charge in [-0.15, -0.1) is 0 Å². The Morgan fingerprint density at radius 3 is 2.50 bits per heavy atom. The molecule has 22 heavy (non-hydrogen) atoms. The van der Waals surface area contributed by atoms with Crippen LogP contribution in [0.1, 0.15) is 59.7 Å². The first kappa shape index (κ1) is 19.1. The number of hydrogen-bond acceptors (Lipinski definition) is 4. The molecule has 1 heterocycles. The topological polar surface area (TPSA) is 73.2 Å². The fourth-order valence-electron chi connectivity index (χ4n) is 1.96. The van der Waals surface area contributed by atoms with Crippen molar-refractivity contribution in [2.45, 2.75) is 64.3 Å². The maximum atomic E-state index is 12.6. The maximum Gasteiger partial charge on any atom is 0.243 e. The molecule has 0 radical (unpaired) electrons. The van der Waals surface area contributed by atoms with Crippen molar-refractivity contribution < 1.29 is 13.2 Å². The summed E-state index contributed by atoms with van der Waals surface area (Å²) < 4.78 is 34.7. The molecule has 0 saturated carbocycles. The molecule has 0 amide bonds. The van der Waals surface area contributed by atoms with Gasteiger partial charge in [0.05, 0.1) is 5.69 Å². The quantitative estimate of drug-likeness (QED) is 0.743. The molecule has 1 aromatic rings. The second-order valence-electron chi connectivity index (χ2n) is 6.61. The largest absolute Gasteiger partial charge is 0.382 e. The van der Waals surface area contributed by atoms with Gasteiger partial charge in [0.15, 0.2) is 0 Å². The molecule has 0 fully saturated rings. The van der Waals surface area contributed by atoms with Crippen LogP contribution in [0.3, 0.4) is 0 Å². The first-order chi connectivity index (χ1) is 10.1. The lowest BCUT2D eigenvalue weighted by Crippen LogP contribution is -2.28. The van der Waals surface area contributed by atoms with E-state index < -0.39 is 10.0 Å². The van der Waals surface area contributed by atoms with E-state index in [1.165, 1.54) is 0 Å². The first-order valence-electron chi connectivity index (χ1n) is 7.76. The van der Waals surface area contributed by atoms with Crippen molar-refractivity contribution in [3.63, 3.8) is 0 Å². The molecular formula is C15H29N3O3S. The Morgan fingerprint density at radius 2 is 2.00 bits per heavy atom. The Kier molecular flexibility index (Phi) is 6.58. The highest BCUT2D eigenvalue weighted by Crippen LogP contribution is 2.28. The van der Waals surface area contributed by atoms with Gasteiger partial charge in [-0.1, -0.05) is 20.8 Å². The van der Waals surface area contributed by atoms with Crippen molar-refractivity contribution in [1.82, 2.24) is 14.5 Å². The third kappa shape index (κ3) is 5.07. The molecule has 0 aliphatic rings. The van der Waals surface area contributed by atoms with Crippen molar-refractivity contribution in [3.8, 4) is 0 Å². The molecular weight excluding hydrogens is 302 g/mol. The summed E-state index contributed by atoms with van der Waals surface area (Å²) in [6.45, 7) is 13.3. The predicted octanol–water partition coefficient (Wildman–Crippen LogP) is 2.47. The smallest absolute Gasteiger partial charge is 0.243 e. The molecule has 0 spiro atoms. The summed E-state index contributed by atoms with van der Waals surface area (Å²) in [6, 6.07) is 0.114. The van der Waals surface area contributed by atoms with Gasteiger partial charge in [-0.3, -0.25) is 4.68 Å². The highest BCUT2D eigenvalue weighted by atomic mass is 32.2. The highest BCUT2D eigenvalue weighted by Gasteiger charge is 2.30. The van der Waals surface area contributed by atoms with Gasteiger partial charge in [0.1, 0.15) is 4.90 Å². The molecule has 0 unspecified atom stereocenters. The van der Waals surface area contributed by atoms with E-state index in [4.69, 9.17) is 4.74 Å². The third-order valence-electron chi connectivity index (χ3n) is 3.19. The summed E-state index contributed by atoms with van der Waals surface area (Å²) in [6.07, 6.45) is 2.27. The summed E-state index contributed by atoms with van der Waals surface area (Å²) in [5.41, 5.74) is 0.258. The Bertz CT molecular complexity index is 571. The van der Waals surface area contributed by atoms with Gasteiger partial charge in [0.2, 0.25) is 10.0 Å². The lowest BCUT2D eigenvalue weighted by Gasteiger charge is -2.17. The van der Waals surface area contributed by atoms with Crippen molar-refractivity contribution >= 4 is 10.0 Å². The molecule has 0 bridgehead atoms. The van der Waals surface area contributed by atoms with Gasteiger partial charge in [0.25, 0.3) is 0 Å². The lowest BCUT2D eigenvalue weighted by atomic mass is 9.92. The average Bonchev–Trinajstić information content (AvgIpc) is 2.84. The fraction of sp³-hybridized carbons (Fsp3) is 0.800. The van der Waals surface area contributed by atoms with Crippen molar-refractivity contribution in [2.75, 3.05) is 19.8 Å². The number of aromatic nitrogens is 2. The Hall–Kier alpha value is -0.920. The molecule has 1 aromatic heterocycles. The molecule has 6 nitrogen and oxygen atoms in total. The minimum atomic E-state index is -3.56. The number of nitrogens with one attached hydrogen (secondary N) is 1. The molecule has 0 aromatic carbocycles. The van der Waals surface area contributed by atoms with E-state index in [1.807, 2.05) is 41.5 Å². The lowest BCUT2D eigenvalue weighted by molar-refractivity contribution is 0.146. The van der Waals surface area contributed by atoms with E-state index in [9.17, 15) is 8.42 Å². The second-order valence-corrected chi connectivity index (χ2v) is 8.35. The molecule has 7 heteroatoms. The van der Waals surface area contributed by atoms with Crippen LogP contribution in [-0.2, 0) is 20.2 Å². The standard InChI is InChI=1S/C15H29N3O3S/c1-7-21-10-8-9-16-22(19,20)13-11-18(12(2)3)17-14(13)15(4,5)6/h11-12,16H,7-10H2,1-6H3. The predicted molar refractivity (Wildman–Crippen MR) is 87.6 cm³/mol. The Balaban J connectivity index is 2.97. The average molecular weight is 331 g/mol. The van der Waals surface area contributed by atoms with Crippen molar-refractivity contribution in [1.29, 1.82) is 0 Å². The van der Waals surface area contributed by atoms with Gasteiger partial charge >= 0.3 is 0 Å². The van der Waals surface area contributed by atoms with Crippen LogP contribution in [0.15, 0.2) is 11.1 Å². The van der Waals surface area contributed by atoms with Crippen LogP contribution >= 0.6 is 0 Å². The number of rotatable bonds is 8. The number of ether oxygens (including phenoxy) is 1. The summed E-state index contributed by atoms with van der Waals surface area (Å²) in [4.78, 5) is 0.269. The molecule has 128 valence electrons. The third-order valence-corrected chi connectivity index (χ3v) is 4.65. The van der Waals surface area contributed by atoms with Crippen LogP contribution in [0.4, 0.5) is 0 Å². The fourth-order valence-corrected chi connectivity index (χ4v) is 3.38. The van der Waals surface area contributed by atoms with E-state index in [2.05, 4.69) is 9.82 Å². The van der Waals surface area contributed by atoms with E-state index >= 15 is 0 Å². The van der Waals surface area contributed by atoms with Crippen LogP contribution < -0.4 is 4.72 Å². The van der Waals surface area contributed by atoms with E-state index in [0.29, 0.717) is 31.9 Å². The van der Waals surface area contributed by atoms with Crippen LogP contribution in [0, 0.1) is 0 Å². The van der Waals surface area contributed by atoms with Crippen LogP contribution in [0.2, 0.25) is 0 Å². The van der Waals surface area contributed by atoms with E-state index in [-0.39, 0.29) is 16.4 Å². The summed E-state index contributed by atoms with van der Waals surface area (Å²) in [5, 5.41) is 4.48. The highest BCUT2D eigenvalue weighted by molar-refractivity contribution is 7.89. The molecule has 0 saturated heterocycles. The van der Waals surface area contributed by atoms with E-state index in [0.717, 1.165) is 0 Å². The zero-order valence-electron chi connectivity index (χ0n) is 14.5. The minimum absolute atomic E-state index is 0.114. The van der Waals surface area contributed by atoms with Crippen LogP contribution in [0.25, 0.3) is 0 Å². The first-order valence-corrected chi connectivity index (χ1v) is 9.25. The van der Waals surface area contributed by atoms with Gasteiger partial charge in [-0.2, -0.15) is 5.10 Å². The summed E-state index contributed by atoms with van der Waals surface area (Å²) >= 11 is 0. The normalized spacial score (nSPS) is 13.0. The van der Waals surface area contributed by atoms with Crippen LogP contribution in [-0.4, -0.2) is 38.0 Å². The number of hydrogen-bond donors (Lipinski definition) is 1. The van der Waals surface area contributed by atoms with E-state index in [1.54, 1.807) is 10.9 Å². The molecule has 0 aliphatic carbocycles. The number of nitrogens with zero attached hydrogens (tertiary/aromatic N) is 2. The zero-order valence-corrected chi connectivity index (χ0v) is 15.3. The molecule has 1 N–H and O–H groups in total.